The first-order valence-electron chi connectivity index (χ1n) is 7.09. The highest BCUT2D eigenvalue weighted by atomic mass is 32.2. The third-order valence-corrected chi connectivity index (χ3v) is 5.86. The van der Waals surface area contributed by atoms with E-state index in [1.54, 1.807) is 17.3 Å². The molecule has 1 aliphatic carbocycles. The number of morpholine rings is 1. The average Bonchev–Trinajstić information content (AvgIpc) is 2.82. The summed E-state index contributed by atoms with van der Waals surface area (Å²) in [5.74, 6) is 0.290. The number of aryl methyl sites for hydroxylation is 1. The summed E-state index contributed by atoms with van der Waals surface area (Å²) < 4.78 is 37.6. The Kier molecular flexibility index (Phi) is 3.83. The first kappa shape index (κ1) is 14.0. The van der Waals surface area contributed by atoms with Crippen molar-refractivity contribution >= 4 is 10.0 Å². The molecule has 6 nitrogen and oxygen atoms in total. The normalized spacial score (nSPS) is 28.2. The molecule has 2 fully saturated rings. The summed E-state index contributed by atoms with van der Waals surface area (Å²) in [6.45, 7) is 2.71. The van der Waals surface area contributed by atoms with Gasteiger partial charge in [-0.1, -0.05) is 18.0 Å². The van der Waals surface area contributed by atoms with Gasteiger partial charge in [0.1, 0.15) is 5.75 Å². The van der Waals surface area contributed by atoms with Crippen LogP contribution >= 0.6 is 0 Å². The van der Waals surface area contributed by atoms with Crippen molar-refractivity contribution in [1.82, 2.24) is 9.46 Å². The van der Waals surface area contributed by atoms with E-state index in [2.05, 4.69) is 5.16 Å². The molecule has 1 saturated heterocycles. The molecule has 1 aromatic heterocycles. The van der Waals surface area contributed by atoms with Crippen molar-refractivity contribution in [2.45, 2.75) is 50.5 Å². The average molecular weight is 300 g/mol. The van der Waals surface area contributed by atoms with Gasteiger partial charge in [0, 0.05) is 12.6 Å². The maximum Gasteiger partial charge on any atom is 0.221 e. The van der Waals surface area contributed by atoms with E-state index in [-0.39, 0.29) is 17.9 Å². The number of hydrogen-bond donors (Lipinski definition) is 0. The molecule has 1 saturated carbocycles. The lowest BCUT2D eigenvalue weighted by molar-refractivity contribution is -0.0587. The van der Waals surface area contributed by atoms with Crippen LogP contribution in [-0.2, 0) is 20.5 Å². The van der Waals surface area contributed by atoms with E-state index in [0.717, 1.165) is 25.7 Å². The topological polar surface area (TPSA) is 72.6 Å². The number of sulfonamides is 1. The Bertz CT molecular complexity index is 567. The maximum absolute atomic E-state index is 12.6. The molecular weight excluding hydrogens is 280 g/mol. The fourth-order valence-corrected chi connectivity index (χ4v) is 4.82. The Hall–Kier alpha value is -0.920. The molecule has 3 rings (SSSR count). The van der Waals surface area contributed by atoms with Crippen molar-refractivity contribution in [1.29, 1.82) is 0 Å². The zero-order chi connectivity index (χ0) is 14.2. The van der Waals surface area contributed by atoms with E-state index in [1.807, 2.05) is 0 Å². The lowest BCUT2D eigenvalue weighted by atomic mass is 9.91. The van der Waals surface area contributed by atoms with Gasteiger partial charge in [-0.3, -0.25) is 0 Å². The van der Waals surface area contributed by atoms with Crippen LogP contribution < -0.4 is 0 Å². The van der Waals surface area contributed by atoms with Crippen LogP contribution in [0.1, 0.15) is 37.1 Å². The molecule has 0 radical (unpaired) electrons. The molecule has 0 spiro atoms. The van der Waals surface area contributed by atoms with E-state index in [9.17, 15) is 8.42 Å². The predicted octanol–water partition coefficient (Wildman–Crippen LogP) is 1.46. The summed E-state index contributed by atoms with van der Waals surface area (Å²) in [5.41, 5.74) is 0.702. The first-order valence-corrected chi connectivity index (χ1v) is 8.70. The second-order valence-electron chi connectivity index (χ2n) is 5.56. The largest absolute Gasteiger partial charge is 0.375 e. The van der Waals surface area contributed by atoms with Gasteiger partial charge in [0.05, 0.1) is 24.4 Å². The SMILES string of the molecule is Cc1cc(CS(=O)(=O)N2CCO[C@@H]3CCCC[C@H]32)on1. The van der Waals surface area contributed by atoms with Crippen molar-refractivity contribution in [2.75, 3.05) is 13.2 Å². The molecular formula is C13H20N2O4S. The number of rotatable bonds is 3. The van der Waals surface area contributed by atoms with Gasteiger partial charge in [0.25, 0.3) is 0 Å². The number of ether oxygens (including phenoxy) is 1. The zero-order valence-electron chi connectivity index (χ0n) is 11.6. The summed E-state index contributed by atoms with van der Waals surface area (Å²) in [4.78, 5) is 0. The molecule has 0 aromatic carbocycles. The minimum atomic E-state index is -3.37. The van der Waals surface area contributed by atoms with Crippen molar-refractivity contribution in [2.24, 2.45) is 0 Å². The van der Waals surface area contributed by atoms with Gasteiger partial charge >= 0.3 is 0 Å². The van der Waals surface area contributed by atoms with Crippen LogP contribution in [0.5, 0.6) is 0 Å². The monoisotopic (exact) mass is 300 g/mol. The van der Waals surface area contributed by atoms with Crippen molar-refractivity contribution in [3.8, 4) is 0 Å². The number of aromatic nitrogens is 1. The van der Waals surface area contributed by atoms with Crippen molar-refractivity contribution < 1.29 is 17.7 Å². The van der Waals surface area contributed by atoms with E-state index < -0.39 is 10.0 Å². The van der Waals surface area contributed by atoms with Gasteiger partial charge in [-0.05, 0) is 19.8 Å². The van der Waals surface area contributed by atoms with E-state index in [1.165, 1.54) is 0 Å². The van der Waals surface area contributed by atoms with Gasteiger partial charge in [0.15, 0.2) is 5.76 Å². The fourth-order valence-electron chi connectivity index (χ4n) is 3.15. The zero-order valence-corrected chi connectivity index (χ0v) is 12.4. The molecule has 2 aliphatic rings. The Morgan fingerprint density at radius 3 is 2.95 bits per heavy atom. The Morgan fingerprint density at radius 2 is 2.20 bits per heavy atom. The van der Waals surface area contributed by atoms with Crippen LogP contribution in [-0.4, -0.2) is 43.2 Å². The minimum Gasteiger partial charge on any atom is -0.375 e. The second kappa shape index (κ2) is 5.46. The van der Waals surface area contributed by atoms with Gasteiger partial charge in [-0.25, -0.2) is 8.42 Å². The van der Waals surface area contributed by atoms with Gasteiger partial charge < -0.3 is 9.26 Å². The highest BCUT2D eigenvalue weighted by molar-refractivity contribution is 7.88. The molecule has 112 valence electrons. The Morgan fingerprint density at radius 1 is 1.40 bits per heavy atom. The van der Waals surface area contributed by atoms with E-state index in [4.69, 9.17) is 9.26 Å². The summed E-state index contributed by atoms with van der Waals surface area (Å²) in [6, 6.07) is 1.67. The summed E-state index contributed by atoms with van der Waals surface area (Å²) in [7, 11) is -3.37. The highest BCUT2D eigenvalue weighted by Crippen LogP contribution is 2.31. The number of nitrogens with zero attached hydrogens (tertiary/aromatic N) is 2. The highest BCUT2D eigenvalue weighted by Gasteiger charge is 2.40. The van der Waals surface area contributed by atoms with Crippen LogP contribution in [0.4, 0.5) is 0 Å². The Labute approximate surface area is 119 Å². The van der Waals surface area contributed by atoms with Crippen molar-refractivity contribution in [3.63, 3.8) is 0 Å². The first-order chi connectivity index (χ1) is 9.56. The van der Waals surface area contributed by atoms with Gasteiger partial charge in [-0.15, -0.1) is 0 Å². The van der Waals surface area contributed by atoms with Gasteiger partial charge in [-0.2, -0.15) is 4.31 Å². The minimum absolute atomic E-state index is 0.00785. The molecule has 0 bridgehead atoms. The standard InChI is InChI=1S/C13H20N2O4S/c1-10-8-11(19-14-10)9-20(16,17)15-6-7-18-13-5-3-2-4-12(13)15/h8,12-13H,2-7,9H2,1H3/t12-,13-/m1/s1. The molecule has 0 N–H and O–H groups in total. The molecule has 0 amide bonds. The summed E-state index contributed by atoms with van der Waals surface area (Å²) in [6.07, 6.45) is 4.09. The predicted molar refractivity (Wildman–Crippen MR) is 72.6 cm³/mol. The molecule has 7 heteroatoms. The smallest absolute Gasteiger partial charge is 0.221 e. The summed E-state index contributed by atoms with van der Waals surface area (Å²) in [5, 5.41) is 3.74. The summed E-state index contributed by atoms with van der Waals surface area (Å²) >= 11 is 0. The molecule has 20 heavy (non-hydrogen) atoms. The molecule has 0 unspecified atom stereocenters. The van der Waals surface area contributed by atoms with Gasteiger partial charge in [0.2, 0.25) is 10.0 Å². The quantitative estimate of drug-likeness (QED) is 0.845. The Balaban J connectivity index is 1.78. The van der Waals surface area contributed by atoms with Crippen LogP contribution in [0.2, 0.25) is 0 Å². The number of hydrogen-bond acceptors (Lipinski definition) is 5. The lowest BCUT2D eigenvalue weighted by Crippen LogP contribution is -2.54. The van der Waals surface area contributed by atoms with E-state index >= 15 is 0 Å². The maximum atomic E-state index is 12.6. The molecule has 2 heterocycles. The van der Waals surface area contributed by atoms with Crippen LogP contribution in [0, 0.1) is 6.92 Å². The number of fused-ring (bicyclic) bond motifs is 1. The third-order valence-electron chi connectivity index (χ3n) is 4.04. The van der Waals surface area contributed by atoms with Crippen LogP contribution in [0.15, 0.2) is 10.6 Å². The third kappa shape index (κ3) is 2.75. The van der Waals surface area contributed by atoms with Crippen molar-refractivity contribution in [3.05, 3.63) is 17.5 Å². The molecule has 1 aromatic rings. The molecule has 1 aliphatic heterocycles. The molecule has 2 atom stereocenters. The second-order valence-corrected chi connectivity index (χ2v) is 7.48. The van der Waals surface area contributed by atoms with Crippen LogP contribution in [0.25, 0.3) is 0 Å². The lowest BCUT2D eigenvalue weighted by Gasteiger charge is -2.42. The van der Waals surface area contributed by atoms with Crippen LogP contribution in [0.3, 0.4) is 0 Å². The van der Waals surface area contributed by atoms with E-state index in [0.29, 0.717) is 24.6 Å². The fraction of sp³-hybridized carbons (Fsp3) is 0.769.